The van der Waals surface area contributed by atoms with Crippen LogP contribution in [0.2, 0.25) is 0 Å². The second-order valence-corrected chi connectivity index (χ2v) is 5.84. The van der Waals surface area contributed by atoms with E-state index in [2.05, 4.69) is 19.9 Å². The van der Waals surface area contributed by atoms with E-state index >= 15 is 0 Å². The first kappa shape index (κ1) is 14.6. The Morgan fingerprint density at radius 2 is 1.95 bits per heavy atom. The maximum Gasteiger partial charge on any atom is 0.120 e. The molecule has 0 unspecified atom stereocenters. The minimum atomic E-state index is 0.297. The Balaban J connectivity index is 1.78. The first-order chi connectivity index (χ1) is 10.7. The van der Waals surface area contributed by atoms with E-state index in [1.807, 2.05) is 30.1 Å². The first-order valence-electron chi connectivity index (χ1n) is 6.85. The molecule has 0 aliphatic heterocycles. The zero-order chi connectivity index (χ0) is 15.4. The van der Waals surface area contributed by atoms with Gasteiger partial charge < -0.3 is 5.11 Å². The molecule has 5 nitrogen and oxygen atoms in total. The van der Waals surface area contributed by atoms with Crippen LogP contribution in [0.3, 0.4) is 0 Å². The molecule has 0 atom stereocenters. The number of hydrogen-bond acceptors (Lipinski definition) is 6. The lowest BCUT2D eigenvalue weighted by molar-refractivity contribution is 0.309. The summed E-state index contributed by atoms with van der Waals surface area (Å²) in [5.74, 6) is 0.297. The molecule has 0 radical (unpaired) electrons. The van der Waals surface area contributed by atoms with Crippen LogP contribution in [0.15, 0.2) is 47.8 Å². The molecule has 0 aliphatic carbocycles. The lowest BCUT2D eigenvalue weighted by Crippen LogP contribution is -2.17. The van der Waals surface area contributed by atoms with E-state index in [1.165, 1.54) is 6.33 Å². The minimum Gasteiger partial charge on any atom is -0.508 e. The Morgan fingerprint density at radius 3 is 2.68 bits per heavy atom. The molecule has 1 N–H and O–H groups in total. The van der Waals surface area contributed by atoms with E-state index in [1.54, 1.807) is 29.8 Å². The SMILES string of the molecule is CN(Cc1cscn1)Cc1cc(-c2cncnc2)ccc1O. The topological polar surface area (TPSA) is 62.1 Å². The molecule has 1 aromatic carbocycles. The third-order valence-corrected chi connectivity index (χ3v) is 3.96. The van der Waals surface area contributed by atoms with Gasteiger partial charge in [-0.05, 0) is 24.7 Å². The summed E-state index contributed by atoms with van der Waals surface area (Å²) < 4.78 is 0. The Morgan fingerprint density at radius 1 is 1.14 bits per heavy atom. The van der Waals surface area contributed by atoms with Crippen molar-refractivity contribution in [2.24, 2.45) is 0 Å². The summed E-state index contributed by atoms with van der Waals surface area (Å²) in [5, 5.41) is 12.1. The number of hydrogen-bond donors (Lipinski definition) is 1. The third-order valence-electron chi connectivity index (χ3n) is 3.33. The van der Waals surface area contributed by atoms with E-state index in [4.69, 9.17) is 0 Å². The van der Waals surface area contributed by atoms with Crippen molar-refractivity contribution >= 4 is 11.3 Å². The van der Waals surface area contributed by atoms with Crippen LogP contribution >= 0.6 is 11.3 Å². The Hall–Kier alpha value is -2.31. The lowest BCUT2D eigenvalue weighted by Gasteiger charge is -2.17. The Kier molecular flexibility index (Phi) is 4.41. The van der Waals surface area contributed by atoms with Crippen molar-refractivity contribution in [3.05, 3.63) is 59.1 Å². The van der Waals surface area contributed by atoms with Crippen molar-refractivity contribution in [3.63, 3.8) is 0 Å². The molecule has 0 fully saturated rings. The second-order valence-electron chi connectivity index (χ2n) is 5.12. The summed E-state index contributed by atoms with van der Waals surface area (Å²) in [7, 11) is 2.01. The predicted octanol–water partition coefficient (Wildman–Crippen LogP) is 2.94. The van der Waals surface area contributed by atoms with Gasteiger partial charge >= 0.3 is 0 Å². The van der Waals surface area contributed by atoms with Crippen molar-refractivity contribution in [2.75, 3.05) is 7.05 Å². The van der Waals surface area contributed by atoms with Gasteiger partial charge in [0.2, 0.25) is 0 Å². The zero-order valence-corrected chi connectivity index (χ0v) is 13.0. The zero-order valence-electron chi connectivity index (χ0n) is 12.2. The van der Waals surface area contributed by atoms with Crippen LogP contribution in [0.5, 0.6) is 5.75 Å². The van der Waals surface area contributed by atoms with E-state index < -0.39 is 0 Å². The molecule has 0 amide bonds. The first-order valence-corrected chi connectivity index (χ1v) is 7.79. The third kappa shape index (κ3) is 3.47. The van der Waals surface area contributed by atoms with Gasteiger partial charge in [0, 0.05) is 42.0 Å². The molecule has 0 aliphatic rings. The number of thiazole rings is 1. The molecule has 0 bridgehead atoms. The highest BCUT2D eigenvalue weighted by Crippen LogP contribution is 2.26. The molecular formula is C16H16N4OS. The molecule has 2 aromatic heterocycles. The number of aromatic hydroxyl groups is 1. The molecule has 6 heteroatoms. The molecule has 0 spiro atoms. The monoisotopic (exact) mass is 312 g/mol. The van der Waals surface area contributed by atoms with Crippen molar-refractivity contribution in [1.82, 2.24) is 19.9 Å². The van der Waals surface area contributed by atoms with Gasteiger partial charge in [-0.15, -0.1) is 11.3 Å². The highest BCUT2D eigenvalue weighted by molar-refractivity contribution is 7.07. The van der Waals surface area contributed by atoms with Gasteiger partial charge in [0.05, 0.1) is 11.2 Å². The highest BCUT2D eigenvalue weighted by atomic mass is 32.1. The number of benzene rings is 1. The van der Waals surface area contributed by atoms with Gasteiger partial charge in [0.1, 0.15) is 12.1 Å². The average Bonchev–Trinajstić information content (AvgIpc) is 3.03. The van der Waals surface area contributed by atoms with Gasteiger partial charge in [-0.2, -0.15) is 0 Å². The normalized spacial score (nSPS) is 11.0. The van der Waals surface area contributed by atoms with Crippen LogP contribution in [0.25, 0.3) is 11.1 Å². The van der Waals surface area contributed by atoms with Gasteiger partial charge in [0.15, 0.2) is 0 Å². The second kappa shape index (κ2) is 6.64. The fourth-order valence-corrected chi connectivity index (χ4v) is 2.83. The van der Waals surface area contributed by atoms with Gasteiger partial charge in [-0.1, -0.05) is 6.07 Å². The van der Waals surface area contributed by atoms with Crippen molar-refractivity contribution in [2.45, 2.75) is 13.1 Å². The van der Waals surface area contributed by atoms with Crippen LogP contribution in [0.1, 0.15) is 11.3 Å². The Bertz CT molecular complexity index is 731. The number of phenolic OH excluding ortho intramolecular Hbond substituents is 1. The summed E-state index contributed by atoms with van der Waals surface area (Å²) in [6.07, 6.45) is 5.04. The lowest BCUT2D eigenvalue weighted by atomic mass is 10.0. The van der Waals surface area contributed by atoms with Crippen LogP contribution < -0.4 is 0 Å². The largest absolute Gasteiger partial charge is 0.508 e. The maximum absolute atomic E-state index is 10.1. The van der Waals surface area contributed by atoms with Crippen LogP contribution in [-0.2, 0) is 13.1 Å². The van der Waals surface area contributed by atoms with E-state index in [9.17, 15) is 5.11 Å². The fraction of sp³-hybridized carbons (Fsp3) is 0.188. The number of rotatable bonds is 5. The Labute approximate surface area is 132 Å². The van der Waals surface area contributed by atoms with Crippen molar-refractivity contribution < 1.29 is 5.11 Å². The van der Waals surface area contributed by atoms with E-state index in [-0.39, 0.29) is 0 Å². The summed E-state index contributed by atoms with van der Waals surface area (Å²) in [5.41, 5.74) is 5.68. The van der Waals surface area contributed by atoms with E-state index in [0.29, 0.717) is 12.3 Å². The van der Waals surface area contributed by atoms with Gasteiger partial charge in [-0.3, -0.25) is 4.90 Å². The smallest absolute Gasteiger partial charge is 0.120 e. The summed E-state index contributed by atoms with van der Waals surface area (Å²) in [6.45, 7) is 1.40. The van der Waals surface area contributed by atoms with Crippen molar-refractivity contribution in [1.29, 1.82) is 0 Å². The number of aromatic nitrogens is 3. The van der Waals surface area contributed by atoms with Gasteiger partial charge in [0.25, 0.3) is 0 Å². The van der Waals surface area contributed by atoms with Gasteiger partial charge in [-0.25, -0.2) is 15.0 Å². The maximum atomic E-state index is 10.1. The molecular weight excluding hydrogens is 296 g/mol. The predicted molar refractivity (Wildman–Crippen MR) is 86.4 cm³/mol. The molecule has 0 saturated carbocycles. The summed E-state index contributed by atoms with van der Waals surface area (Å²) in [6, 6.07) is 5.57. The quantitative estimate of drug-likeness (QED) is 0.785. The van der Waals surface area contributed by atoms with Crippen molar-refractivity contribution in [3.8, 4) is 16.9 Å². The molecule has 3 aromatic rings. The standard InChI is InChI=1S/C16H16N4OS/c1-20(8-15-9-22-11-19-15)7-13-4-12(2-3-16(13)21)14-5-17-10-18-6-14/h2-6,9-11,21H,7-8H2,1H3. The molecule has 112 valence electrons. The average molecular weight is 312 g/mol. The van der Waals surface area contributed by atoms with Crippen LogP contribution in [0.4, 0.5) is 0 Å². The van der Waals surface area contributed by atoms with E-state index in [0.717, 1.165) is 28.9 Å². The molecule has 0 saturated heterocycles. The summed E-state index contributed by atoms with van der Waals surface area (Å²) >= 11 is 1.59. The molecule has 2 heterocycles. The molecule has 3 rings (SSSR count). The summed E-state index contributed by atoms with van der Waals surface area (Å²) in [4.78, 5) is 14.5. The van der Waals surface area contributed by atoms with Crippen LogP contribution in [-0.4, -0.2) is 32.0 Å². The number of nitrogens with zero attached hydrogens (tertiary/aromatic N) is 4. The minimum absolute atomic E-state index is 0.297. The fourth-order valence-electron chi connectivity index (χ4n) is 2.28. The van der Waals surface area contributed by atoms with Crippen LogP contribution in [0, 0.1) is 0 Å². The molecule has 22 heavy (non-hydrogen) atoms. The highest BCUT2D eigenvalue weighted by Gasteiger charge is 2.09. The number of phenols is 1.